The van der Waals surface area contributed by atoms with Crippen LogP contribution in [-0.2, 0) is 4.79 Å². The van der Waals surface area contributed by atoms with Gasteiger partial charge in [0, 0.05) is 19.0 Å². The highest BCUT2D eigenvalue weighted by Gasteiger charge is 2.32. The quantitative estimate of drug-likeness (QED) is 0.574. The second-order valence-corrected chi connectivity index (χ2v) is 3.80. The molecule has 68 valence electrons. The van der Waals surface area contributed by atoms with Gasteiger partial charge in [-0.25, -0.2) is 0 Å². The highest BCUT2D eigenvalue weighted by Crippen LogP contribution is 2.26. The average molecular weight is 169 g/mol. The molecule has 0 aromatic rings. The molecule has 2 saturated heterocycles. The minimum Gasteiger partial charge on any atom is -0.393 e. The van der Waals surface area contributed by atoms with Crippen molar-refractivity contribution in [1.29, 1.82) is 0 Å². The number of rotatable bonds is 0. The van der Waals surface area contributed by atoms with Crippen LogP contribution in [0.15, 0.2) is 0 Å². The molecule has 0 aromatic heterocycles. The molecule has 0 radical (unpaired) electrons. The summed E-state index contributed by atoms with van der Waals surface area (Å²) in [5.74, 6) is 0.286. The molecule has 0 spiro atoms. The van der Waals surface area contributed by atoms with Crippen molar-refractivity contribution in [1.82, 2.24) is 4.90 Å². The van der Waals surface area contributed by atoms with Crippen LogP contribution in [0.25, 0.3) is 0 Å². The van der Waals surface area contributed by atoms with Gasteiger partial charge in [0.2, 0.25) is 5.91 Å². The Labute approximate surface area is 72.4 Å². The van der Waals surface area contributed by atoms with Crippen LogP contribution in [0.3, 0.4) is 0 Å². The average Bonchev–Trinajstić information content (AvgIpc) is 2.28. The molecular weight excluding hydrogens is 154 g/mol. The van der Waals surface area contributed by atoms with Gasteiger partial charge in [0.1, 0.15) is 0 Å². The molecule has 0 unspecified atom stereocenters. The van der Waals surface area contributed by atoms with Gasteiger partial charge in [-0.1, -0.05) is 0 Å². The summed E-state index contributed by atoms with van der Waals surface area (Å²) in [7, 11) is 0. The summed E-state index contributed by atoms with van der Waals surface area (Å²) in [6.07, 6.45) is 4.18. The maximum absolute atomic E-state index is 11.3. The molecule has 0 bridgehead atoms. The lowest BCUT2D eigenvalue weighted by molar-refractivity contribution is -0.128. The second kappa shape index (κ2) is 3.05. The third kappa shape index (κ3) is 1.33. The van der Waals surface area contributed by atoms with Gasteiger partial charge in [-0.3, -0.25) is 4.79 Å². The Morgan fingerprint density at radius 3 is 2.92 bits per heavy atom. The molecular formula is C9H15NO2. The van der Waals surface area contributed by atoms with Crippen LogP contribution < -0.4 is 0 Å². The molecule has 1 amide bonds. The van der Waals surface area contributed by atoms with Crippen molar-refractivity contribution in [2.45, 2.75) is 44.2 Å². The SMILES string of the molecule is O=C1CC[C@H]2CC[C@H](O)CCN12. The van der Waals surface area contributed by atoms with Crippen molar-refractivity contribution >= 4 is 5.91 Å². The normalized spacial score (nSPS) is 36.4. The number of aliphatic hydroxyl groups excluding tert-OH is 1. The first-order valence-electron chi connectivity index (χ1n) is 4.75. The predicted octanol–water partition coefficient (Wildman–Crippen LogP) is 0.522. The van der Waals surface area contributed by atoms with E-state index in [1.54, 1.807) is 0 Å². The molecule has 12 heavy (non-hydrogen) atoms. The number of aliphatic hydroxyl groups is 1. The lowest BCUT2D eigenvalue weighted by Gasteiger charge is -2.21. The zero-order chi connectivity index (χ0) is 8.55. The van der Waals surface area contributed by atoms with Gasteiger partial charge < -0.3 is 10.0 Å². The molecule has 0 aromatic carbocycles. The fourth-order valence-corrected chi connectivity index (χ4v) is 2.22. The van der Waals surface area contributed by atoms with E-state index < -0.39 is 0 Å². The zero-order valence-electron chi connectivity index (χ0n) is 7.20. The van der Waals surface area contributed by atoms with E-state index in [9.17, 15) is 9.90 Å². The van der Waals surface area contributed by atoms with Gasteiger partial charge in [0.15, 0.2) is 0 Å². The van der Waals surface area contributed by atoms with Crippen LogP contribution in [0.2, 0.25) is 0 Å². The third-order valence-corrected chi connectivity index (χ3v) is 2.99. The minimum absolute atomic E-state index is 0.177. The Morgan fingerprint density at radius 2 is 2.08 bits per heavy atom. The van der Waals surface area contributed by atoms with Crippen LogP contribution in [0.4, 0.5) is 0 Å². The van der Waals surface area contributed by atoms with E-state index in [4.69, 9.17) is 0 Å². The maximum atomic E-state index is 11.3. The minimum atomic E-state index is -0.177. The molecule has 2 aliphatic heterocycles. The summed E-state index contributed by atoms with van der Waals surface area (Å²) < 4.78 is 0. The number of carbonyl (C=O) groups excluding carboxylic acids is 1. The number of amides is 1. The van der Waals surface area contributed by atoms with E-state index in [0.29, 0.717) is 6.04 Å². The fourth-order valence-electron chi connectivity index (χ4n) is 2.22. The largest absolute Gasteiger partial charge is 0.393 e. The first-order chi connectivity index (χ1) is 5.77. The van der Waals surface area contributed by atoms with Crippen molar-refractivity contribution in [3.8, 4) is 0 Å². The first kappa shape index (κ1) is 8.05. The van der Waals surface area contributed by atoms with Crippen molar-refractivity contribution in [2.75, 3.05) is 6.54 Å². The van der Waals surface area contributed by atoms with Crippen molar-refractivity contribution in [3.05, 3.63) is 0 Å². The Morgan fingerprint density at radius 1 is 1.25 bits per heavy atom. The number of carbonyl (C=O) groups is 1. The van der Waals surface area contributed by atoms with Crippen molar-refractivity contribution < 1.29 is 9.90 Å². The van der Waals surface area contributed by atoms with E-state index >= 15 is 0 Å². The van der Waals surface area contributed by atoms with Crippen LogP contribution in [0.5, 0.6) is 0 Å². The van der Waals surface area contributed by atoms with Gasteiger partial charge >= 0.3 is 0 Å². The number of fused-ring (bicyclic) bond motifs is 1. The molecule has 0 aliphatic carbocycles. The van der Waals surface area contributed by atoms with Crippen LogP contribution >= 0.6 is 0 Å². The van der Waals surface area contributed by atoms with Crippen molar-refractivity contribution in [2.24, 2.45) is 0 Å². The summed E-state index contributed by atoms with van der Waals surface area (Å²) in [6.45, 7) is 0.769. The third-order valence-electron chi connectivity index (χ3n) is 2.99. The summed E-state index contributed by atoms with van der Waals surface area (Å²) >= 11 is 0. The summed E-state index contributed by atoms with van der Waals surface area (Å²) in [5, 5.41) is 9.39. The Kier molecular flexibility index (Phi) is 2.05. The molecule has 2 aliphatic rings. The maximum Gasteiger partial charge on any atom is 0.222 e. The number of hydrogen-bond acceptors (Lipinski definition) is 2. The Hall–Kier alpha value is -0.570. The Balaban J connectivity index is 2.04. The molecule has 3 heteroatoms. The van der Waals surface area contributed by atoms with Gasteiger partial charge in [-0.15, -0.1) is 0 Å². The van der Waals surface area contributed by atoms with E-state index in [2.05, 4.69) is 0 Å². The molecule has 2 fully saturated rings. The van der Waals surface area contributed by atoms with E-state index in [1.165, 1.54) is 0 Å². The highest BCUT2D eigenvalue weighted by atomic mass is 16.3. The van der Waals surface area contributed by atoms with Gasteiger partial charge in [0.25, 0.3) is 0 Å². The molecule has 3 nitrogen and oxygen atoms in total. The molecule has 2 rings (SSSR count). The molecule has 0 saturated carbocycles. The monoisotopic (exact) mass is 169 g/mol. The summed E-state index contributed by atoms with van der Waals surface area (Å²) in [4.78, 5) is 13.3. The lowest BCUT2D eigenvalue weighted by atomic mass is 10.1. The topological polar surface area (TPSA) is 40.5 Å². The van der Waals surface area contributed by atoms with E-state index in [0.717, 1.165) is 38.6 Å². The van der Waals surface area contributed by atoms with Crippen molar-refractivity contribution in [3.63, 3.8) is 0 Å². The Bertz CT molecular complexity index is 193. The second-order valence-electron chi connectivity index (χ2n) is 3.80. The van der Waals surface area contributed by atoms with Crippen LogP contribution in [-0.4, -0.2) is 34.6 Å². The number of nitrogens with zero attached hydrogens (tertiary/aromatic N) is 1. The van der Waals surface area contributed by atoms with E-state index in [-0.39, 0.29) is 12.0 Å². The van der Waals surface area contributed by atoms with E-state index in [1.807, 2.05) is 4.90 Å². The zero-order valence-corrected chi connectivity index (χ0v) is 7.20. The first-order valence-corrected chi connectivity index (χ1v) is 4.75. The smallest absolute Gasteiger partial charge is 0.222 e. The van der Waals surface area contributed by atoms with Gasteiger partial charge in [-0.05, 0) is 25.7 Å². The number of hydrogen-bond donors (Lipinski definition) is 1. The van der Waals surface area contributed by atoms with Crippen LogP contribution in [0, 0.1) is 0 Å². The van der Waals surface area contributed by atoms with Gasteiger partial charge in [0.05, 0.1) is 6.10 Å². The summed E-state index contributed by atoms with van der Waals surface area (Å²) in [6, 6.07) is 0.439. The summed E-state index contributed by atoms with van der Waals surface area (Å²) in [5.41, 5.74) is 0. The predicted molar refractivity (Wildman–Crippen MR) is 44.6 cm³/mol. The fraction of sp³-hybridized carbons (Fsp3) is 0.889. The van der Waals surface area contributed by atoms with Gasteiger partial charge in [-0.2, -0.15) is 0 Å². The van der Waals surface area contributed by atoms with Crippen LogP contribution in [0.1, 0.15) is 32.1 Å². The molecule has 1 N–H and O–H groups in total. The lowest BCUT2D eigenvalue weighted by Crippen LogP contribution is -2.32. The molecule has 2 heterocycles. The molecule has 2 atom stereocenters. The standard InChI is InChI=1S/C9H15NO2/c11-8-3-1-7-2-4-9(12)10(7)6-5-8/h7-8,11H,1-6H2/t7-,8+/m1/s1. The highest BCUT2D eigenvalue weighted by molar-refractivity contribution is 5.78.